The largest absolute Gasteiger partial charge is 0.504 e. The van der Waals surface area contributed by atoms with E-state index >= 15 is 0 Å². The Labute approximate surface area is 148 Å². The summed E-state index contributed by atoms with van der Waals surface area (Å²) >= 11 is 0. The number of hydrogen-bond acceptors (Lipinski definition) is 7. The summed E-state index contributed by atoms with van der Waals surface area (Å²) in [5.41, 5.74) is 6.99. The molecule has 8 heteroatoms. The van der Waals surface area contributed by atoms with Crippen molar-refractivity contribution in [3.05, 3.63) is 47.5 Å². The van der Waals surface area contributed by atoms with E-state index in [4.69, 9.17) is 4.74 Å². The highest BCUT2D eigenvalue weighted by atomic mass is 16.5. The molecular formula is C18H16N6O2. The van der Waals surface area contributed by atoms with Gasteiger partial charge in [-0.3, -0.25) is 0 Å². The third-order valence-electron chi connectivity index (χ3n) is 3.95. The van der Waals surface area contributed by atoms with Crippen LogP contribution in [0.5, 0.6) is 11.5 Å². The van der Waals surface area contributed by atoms with Crippen molar-refractivity contribution in [2.24, 2.45) is 5.10 Å². The van der Waals surface area contributed by atoms with Gasteiger partial charge in [0.25, 0.3) is 5.95 Å². The van der Waals surface area contributed by atoms with Crippen molar-refractivity contribution in [2.45, 2.75) is 6.92 Å². The normalized spacial score (nSPS) is 11.5. The highest BCUT2D eigenvalue weighted by Crippen LogP contribution is 2.26. The molecule has 0 aliphatic rings. The lowest BCUT2D eigenvalue weighted by Crippen LogP contribution is -1.99. The molecule has 0 amide bonds. The number of aromatic amines is 1. The second-order valence-electron chi connectivity index (χ2n) is 5.81. The van der Waals surface area contributed by atoms with Gasteiger partial charge in [-0.2, -0.15) is 10.1 Å². The Balaban J connectivity index is 1.58. The number of hydrazone groups is 1. The highest BCUT2D eigenvalue weighted by Gasteiger charge is 2.09. The predicted octanol–water partition coefficient (Wildman–Crippen LogP) is 2.97. The first-order chi connectivity index (χ1) is 12.6. The Bertz CT molecular complexity index is 1140. The van der Waals surface area contributed by atoms with E-state index in [0.29, 0.717) is 11.4 Å². The van der Waals surface area contributed by atoms with Crippen molar-refractivity contribution in [2.75, 3.05) is 12.5 Å². The van der Waals surface area contributed by atoms with Crippen molar-refractivity contribution >= 4 is 34.2 Å². The first-order valence-electron chi connectivity index (χ1n) is 7.93. The molecule has 0 atom stereocenters. The monoisotopic (exact) mass is 348 g/mol. The van der Waals surface area contributed by atoms with Crippen molar-refractivity contribution in [1.29, 1.82) is 0 Å². The first kappa shape index (κ1) is 15.8. The summed E-state index contributed by atoms with van der Waals surface area (Å²) in [4.78, 5) is 7.63. The van der Waals surface area contributed by atoms with Crippen molar-refractivity contribution in [1.82, 2.24) is 20.2 Å². The number of phenolic OH excluding ortho intramolecular Hbond substituents is 1. The minimum absolute atomic E-state index is 0.0737. The maximum Gasteiger partial charge on any atom is 0.265 e. The predicted molar refractivity (Wildman–Crippen MR) is 99.8 cm³/mol. The van der Waals surface area contributed by atoms with Gasteiger partial charge >= 0.3 is 0 Å². The maximum atomic E-state index is 9.60. The van der Waals surface area contributed by atoms with Gasteiger partial charge in [0.1, 0.15) is 5.52 Å². The van der Waals surface area contributed by atoms with E-state index in [-0.39, 0.29) is 11.7 Å². The standard InChI is InChI=1S/C18H16N6O2/c1-10-3-5-13-12(7-10)16-17(20-13)21-18(24-22-16)23-19-9-11-4-6-14(25)15(8-11)26-2/h3-9,25H,1-2H3,(H2,20,21,23,24)/b19-9-. The minimum atomic E-state index is 0.0737. The van der Waals surface area contributed by atoms with Crippen LogP contribution in [-0.4, -0.2) is 38.6 Å². The van der Waals surface area contributed by atoms with Crippen LogP contribution in [0.2, 0.25) is 0 Å². The van der Waals surface area contributed by atoms with Crippen LogP contribution in [0.15, 0.2) is 41.5 Å². The molecule has 0 aliphatic carbocycles. The zero-order chi connectivity index (χ0) is 18.1. The highest BCUT2D eigenvalue weighted by molar-refractivity contribution is 6.03. The summed E-state index contributed by atoms with van der Waals surface area (Å²) in [5, 5.41) is 23.0. The fourth-order valence-corrected chi connectivity index (χ4v) is 2.67. The summed E-state index contributed by atoms with van der Waals surface area (Å²) in [6, 6.07) is 11.0. The number of nitrogens with one attached hydrogen (secondary N) is 2. The number of rotatable bonds is 4. The number of anilines is 1. The Morgan fingerprint density at radius 3 is 2.92 bits per heavy atom. The Kier molecular flexibility index (Phi) is 3.85. The summed E-state index contributed by atoms with van der Waals surface area (Å²) in [7, 11) is 1.49. The quantitative estimate of drug-likeness (QED) is 0.386. The second-order valence-corrected chi connectivity index (χ2v) is 5.81. The van der Waals surface area contributed by atoms with Crippen LogP contribution >= 0.6 is 0 Å². The molecule has 0 aliphatic heterocycles. The third-order valence-corrected chi connectivity index (χ3v) is 3.95. The topological polar surface area (TPSA) is 108 Å². The van der Waals surface area contributed by atoms with Crippen molar-refractivity contribution in [3.63, 3.8) is 0 Å². The van der Waals surface area contributed by atoms with E-state index in [9.17, 15) is 5.11 Å². The smallest absolute Gasteiger partial charge is 0.265 e. The number of H-pyrrole nitrogens is 1. The molecule has 0 saturated carbocycles. The molecule has 0 radical (unpaired) electrons. The number of phenols is 1. The molecule has 4 aromatic rings. The summed E-state index contributed by atoms with van der Waals surface area (Å²) in [6.45, 7) is 2.03. The number of hydrogen-bond donors (Lipinski definition) is 3. The van der Waals surface area contributed by atoms with Crippen LogP contribution in [0.25, 0.3) is 22.1 Å². The van der Waals surface area contributed by atoms with Crippen LogP contribution < -0.4 is 10.2 Å². The van der Waals surface area contributed by atoms with Crippen LogP contribution in [0, 0.1) is 6.92 Å². The molecule has 130 valence electrons. The van der Waals surface area contributed by atoms with E-state index in [2.05, 4.69) is 30.7 Å². The van der Waals surface area contributed by atoms with Gasteiger partial charge in [0, 0.05) is 10.9 Å². The summed E-state index contributed by atoms with van der Waals surface area (Å²) < 4.78 is 5.06. The molecule has 26 heavy (non-hydrogen) atoms. The summed E-state index contributed by atoms with van der Waals surface area (Å²) in [5.74, 6) is 0.731. The molecule has 2 aromatic heterocycles. The fraction of sp³-hybridized carbons (Fsp3) is 0.111. The first-order valence-corrected chi connectivity index (χ1v) is 7.93. The lowest BCUT2D eigenvalue weighted by atomic mass is 10.2. The van der Waals surface area contributed by atoms with Gasteiger partial charge in [-0.1, -0.05) is 11.6 Å². The minimum Gasteiger partial charge on any atom is -0.504 e. The zero-order valence-corrected chi connectivity index (χ0v) is 14.2. The molecular weight excluding hydrogens is 332 g/mol. The van der Waals surface area contributed by atoms with E-state index in [1.54, 1.807) is 18.3 Å². The lowest BCUT2D eigenvalue weighted by Gasteiger charge is -2.03. The van der Waals surface area contributed by atoms with Gasteiger partial charge in [-0.25, -0.2) is 5.43 Å². The van der Waals surface area contributed by atoms with Gasteiger partial charge in [-0.05, 0) is 42.8 Å². The number of fused-ring (bicyclic) bond motifs is 3. The SMILES string of the molecule is COc1cc(/C=N\Nc2nnc3c(n2)[nH]c2ccc(C)cc23)ccc1O. The van der Waals surface area contributed by atoms with Crippen molar-refractivity contribution in [3.8, 4) is 11.5 Å². The van der Waals surface area contributed by atoms with Gasteiger partial charge < -0.3 is 14.8 Å². The molecule has 0 saturated heterocycles. The summed E-state index contributed by atoms with van der Waals surface area (Å²) in [6.07, 6.45) is 1.57. The molecule has 8 nitrogen and oxygen atoms in total. The average molecular weight is 348 g/mol. The van der Waals surface area contributed by atoms with Crippen LogP contribution in [0.1, 0.15) is 11.1 Å². The third kappa shape index (κ3) is 2.88. The van der Waals surface area contributed by atoms with Gasteiger partial charge in [0.15, 0.2) is 17.1 Å². The number of nitrogens with zero attached hydrogens (tertiary/aromatic N) is 4. The van der Waals surface area contributed by atoms with Gasteiger partial charge in [0.05, 0.1) is 13.3 Å². The van der Waals surface area contributed by atoms with Crippen molar-refractivity contribution < 1.29 is 9.84 Å². The lowest BCUT2D eigenvalue weighted by molar-refractivity contribution is 0.373. The molecule has 0 unspecified atom stereocenters. The van der Waals surface area contributed by atoms with Crippen LogP contribution in [0.3, 0.4) is 0 Å². The average Bonchev–Trinajstić information content (AvgIpc) is 3.00. The number of aromatic hydroxyl groups is 1. The number of methoxy groups -OCH3 is 1. The number of benzene rings is 2. The Morgan fingerprint density at radius 2 is 2.08 bits per heavy atom. The van der Waals surface area contributed by atoms with E-state index in [0.717, 1.165) is 27.5 Å². The number of aryl methyl sites for hydroxylation is 1. The fourth-order valence-electron chi connectivity index (χ4n) is 2.67. The van der Waals surface area contributed by atoms with E-state index in [1.807, 2.05) is 25.1 Å². The van der Waals surface area contributed by atoms with Gasteiger partial charge in [-0.15, -0.1) is 10.2 Å². The Morgan fingerprint density at radius 1 is 1.19 bits per heavy atom. The number of ether oxygens (including phenoxy) is 1. The second kappa shape index (κ2) is 6.32. The molecule has 0 bridgehead atoms. The Hall–Kier alpha value is -3.68. The van der Waals surface area contributed by atoms with Crippen LogP contribution in [0.4, 0.5) is 5.95 Å². The van der Waals surface area contributed by atoms with E-state index < -0.39 is 0 Å². The molecule has 2 heterocycles. The molecule has 4 rings (SSSR count). The van der Waals surface area contributed by atoms with Gasteiger partial charge in [0.2, 0.25) is 0 Å². The molecule has 2 aromatic carbocycles. The maximum absolute atomic E-state index is 9.60. The molecule has 3 N–H and O–H groups in total. The molecule has 0 fully saturated rings. The molecule has 0 spiro atoms. The van der Waals surface area contributed by atoms with E-state index in [1.165, 1.54) is 13.2 Å². The number of aromatic nitrogens is 4. The zero-order valence-electron chi connectivity index (χ0n) is 14.2. The van der Waals surface area contributed by atoms with Crippen LogP contribution in [-0.2, 0) is 0 Å².